The van der Waals surface area contributed by atoms with Gasteiger partial charge >= 0.3 is 11.9 Å². The number of ether oxygens (including phenoxy) is 1. The Morgan fingerprint density at radius 3 is 2.54 bits per heavy atom. The zero-order chi connectivity index (χ0) is 27.0. The summed E-state index contributed by atoms with van der Waals surface area (Å²) in [6.45, 7) is 7.23. The Labute approximate surface area is 219 Å². The Morgan fingerprint density at radius 1 is 1.27 bits per heavy atom. The fourth-order valence-electron chi connectivity index (χ4n) is 5.64. The fourth-order valence-corrected chi connectivity index (χ4v) is 6.39. The minimum atomic E-state index is -0.937. The predicted molar refractivity (Wildman–Crippen MR) is 138 cm³/mol. The Hall–Kier alpha value is -3.25. The van der Waals surface area contributed by atoms with E-state index in [1.54, 1.807) is 0 Å². The number of non-ortho nitro benzene ring substituents is 1. The van der Waals surface area contributed by atoms with Gasteiger partial charge in [-0.2, -0.15) is 0 Å². The van der Waals surface area contributed by atoms with Crippen LogP contribution in [0.3, 0.4) is 0 Å². The number of nitrogens with two attached hydrogens (primary N) is 1. The number of carbonyl (C=O) groups excluding carboxylic acids is 3. The first kappa shape index (κ1) is 26.8. The van der Waals surface area contributed by atoms with Gasteiger partial charge in [0.25, 0.3) is 5.69 Å². The number of nitro groups is 1. The lowest BCUT2D eigenvalue weighted by molar-refractivity contribution is -0.384. The van der Waals surface area contributed by atoms with Gasteiger partial charge in [-0.25, -0.2) is 9.59 Å². The van der Waals surface area contributed by atoms with Crippen molar-refractivity contribution < 1.29 is 24.0 Å². The molecule has 37 heavy (non-hydrogen) atoms. The van der Waals surface area contributed by atoms with E-state index in [1.807, 2.05) is 20.8 Å². The molecule has 0 radical (unpaired) electrons. The van der Waals surface area contributed by atoms with Gasteiger partial charge in [0, 0.05) is 36.4 Å². The van der Waals surface area contributed by atoms with Crippen LogP contribution in [-0.2, 0) is 14.3 Å². The van der Waals surface area contributed by atoms with Gasteiger partial charge < -0.3 is 15.4 Å². The third kappa shape index (κ3) is 5.12. The minimum Gasteiger partial charge on any atom is -0.385 e. The first-order valence-corrected chi connectivity index (χ1v) is 13.3. The molecule has 198 valence electrons. The van der Waals surface area contributed by atoms with Crippen molar-refractivity contribution in [3.8, 4) is 0 Å². The van der Waals surface area contributed by atoms with E-state index in [0.717, 1.165) is 37.1 Å². The lowest BCUT2D eigenvalue weighted by atomic mass is 9.74. The molecule has 2 saturated heterocycles. The Bertz CT molecular complexity index is 1170. The smallest absolute Gasteiger partial charge is 0.362 e. The number of hydrogen-bond donors (Lipinski definition) is 2. The second kappa shape index (κ2) is 10.6. The maximum atomic E-state index is 13.4. The van der Waals surface area contributed by atoms with Gasteiger partial charge in [-0.05, 0) is 43.0 Å². The molecule has 4 atom stereocenters. The number of thioether (sulfide) groups is 1. The maximum absolute atomic E-state index is 13.4. The monoisotopic (exact) mass is 529 g/mol. The van der Waals surface area contributed by atoms with E-state index in [1.165, 1.54) is 28.8 Å². The van der Waals surface area contributed by atoms with Crippen LogP contribution in [0.4, 0.5) is 5.69 Å². The summed E-state index contributed by atoms with van der Waals surface area (Å²) in [5.41, 5.74) is 6.24. The number of esters is 2. The van der Waals surface area contributed by atoms with Crippen molar-refractivity contribution in [2.45, 2.75) is 45.7 Å². The van der Waals surface area contributed by atoms with Crippen LogP contribution in [0.1, 0.15) is 44.0 Å². The molecule has 1 amide bonds. The SMILES string of the molecule is CC(C)[C@H]1C(=O)N2C(C(=O)OC(=O)c3ccc([N+](=O)[O-])cc3)=C(CN3CCC[C@H]3CSC(=N)N)[C@H](C)[C@H]12. The zero-order valence-electron chi connectivity index (χ0n) is 21.0. The largest absolute Gasteiger partial charge is 0.385 e. The summed E-state index contributed by atoms with van der Waals surface area (Å²) in [5.74, 6) is -1.53. The summed E-state index contributed by atoms with van der Waals surface area (Å²) in [6, 6.07) is 4.79. The molecule has 0 spiro atoms. The van der Waals surface area contributed by atoms with Gasteiger partial charge in [-0.3, -0.25) is 25.2 Å². The number of fused-ring (bicyclic) bond motifs is 1. The van der Waals surface area contributed by atoms with E-state index in [2.05, 4.69) is 4.90 Å². The normalized spacial score (nSPS) is 25.3. The summed E-state index contributed by atoms with van der Waals surface area (Å²) in [4.78, 5) is 53.2. The first-order valence-electron chi connectivity index (χ1n) is 12.3. The number of rotatable bonds is 8. The molecule has 0 bridgehead atoms. The number of amides is 1. The molecule has 2 fully saturated rings. The van der Waals surface area contributed by atoms with Crippen LogP contribution < -0.4 is 5.73 Å². The summed E-state index contributed by atoms with van der Waals surface area (Å²) in [5, 5.41) is 18.5. The Morgan fingerprint density at radius 2 is 1.95 bits per heavy atom. The second-order valence-electron chi connectivity index (χ2n) is 10.1. The quantitative estimate of drug-likeness (QED) is 0.0981. The third-order valence-corrected chi connectivity index (χ3v) is 8.37. The van der Waals surface area contributed by atoms with Crippen molar-refractivity contribution in [2.24, 2.45) is 23.5 Å². The van der Waals surface area contributed by atoms with Crippen molar-refractivity contribution in [1.29, 1.82) is 5.41 Å². The number of amidine groups is 1. The summed E-state index contributed by atoms with van der Waals surface area (Å²) in [6.07, 6.45) is 1.92. The molecule has 0 aromatic heterocycles. The number of likely N-dealkylation sites (tertiary alicyclic amines) is 1. The molecule has 3 heterocycles. The van der Waals surface area contributed by atoms with Crippen LogP contribution in [0.15, 0.2) is 35.5 Å². The predicted octanol–water partition coefficient (Wildman–Crippen LogP) is 2.76. The first-order chi connectivity index (χ1) is 17.5. The van der Waals surface area contributed by atoms with Crippen LogP contribution in [0.5, 0.6) is 0 Å². The number of benzene rings is 1. The van der Waals surface area contributed by atoms with E-state index in [4.69, 9.17) is 15.9 Å². The van der Waals surface area contributed by atoms with Gasteiger partial charge in [0.15, 0.2) is 5.17 Å². The van der Waals surface area contributed by atoms with E-state index >= 15 is 0 Å². The molecule has 3 aliphatic rings. The second-order valence-corrected chi connectivity index (χ2v) is 11.1. The summed E-state index contributed by atoms with van der Waals surface area (Å²) < 4.78 is 5.20. The Balaban J connectivity index is 1.59. The minimum absolute atomic E-state index is 0.000414. The number of nitro benzene ring substituents is 1. The van der Waals surface area contributed by atoms with Gasteiger partial charge in [-0.1, -0.05) is 32.5 Å². The third-order valence-electron chi connectivity index (χ3n) is 7.51. The van der Waals surface area contributed by atoms with E-state index in [-0.39, 0.29) is 57.9 Å². The molecule has 0 aliphatic carbocycles. The number of nitrogens with one attached hydrogen (secondary N) is 1. The lowest BCUT2D eigenvalue weighted by Gasteiger charge is -2.47. The van der Waals surface area contributed by atoms with Crippen molar-refractivity contribution >= 4 is 40.5 Å². The van der Waals surface area contributed by atoms with Gasteiger partial charge in [0.2, 0.25) is 5.91 Å². The summed E-state index contributed by atoms with van der Waals surface area (Å²) >= 11 is 1.29. The molecule has 3 N–H and O–H groups in total. The molecule has 4 rings (SSSR count). The van der Waals surface area contributed by atoms with Crippen molar-refractivity contribution in [3.05, 3.63) is 51.2 Å². The standard InChI is InChI=1S/C25H31N5O6S/c1-13(2)19-20-14(3)18(11-28-10-4-5-17(28)12-37-25(26)27)21(29(20)22(19)31)24(33)36-23(32)15-6-8-16(9-7-15)30(34)35/h6-9,13-14,17,19-20H,4-5,10-12H2,1-3H3,(H3,26,27)/t14-,17-,19+,20+/m0/s1. The average molecular weight is 530 g/mol. The average Bonchev–Trinajstić information content (AvgIpc) is 3.38. The molecule has 3 aliphatic heterocycles. The van der Waals surface area contributed by atoms with Crippen molar-refractivity contribution in [2.75, 3.05) is 18.8 Å². The molecule has 0 unspecified atom stereocenters. The van der Waals surface area contributed by atoms with E-state index < -0.39 is 16.9 Å². The highest BCUT2D eigenvalue weighted by atomic mass is 32.2. The number of carbonyl (C=O) groups is 3. The molecular weight excluding hydrogens is 498 g/mol. The van der Waals surface area contributed by atoms with Gasteiger partial charge in [-0.15, -0.1) is 0 Å². The molecule has 12 heteroatoms. The number of β-lactam (4-membered cyclic amide) rings is 1. The van der Waals surface area contributed by atoms with Crippen molar-refractivity contribution in [1.82, 2.24) is 9.80 Å². The highest BCUT2D eigenvalue weighted by molar-refractivity contribution is 8.13. The maximum Gasteiger partial charge on any atom is 0.362 e. The zero-order valence-corrected chi connectivity index (χ0v) is 21.8. The molecule has 0 saturated carbocycles. The number of nitrogens with zero attached hydrogens (tertiary/aromatic N) is 3. The van der Waals surface area contributed by atoms with Crippen LogP contribution in [0.25, 0.3) is 0 Å². The van der Waals surface area contributed by atoms with E-state index in [9.17, 15) is 24.5 Å². The van der Waals surface area contributed by atoms with Crippen LogP contribution in [-0.4, -0.2) is 68.7 Å². The van der Waals surface area contributed by atoms with Gasteiger partial charge in [0.1, 0.15) is 5.70 Å². The summed E-state index contributed by atoms with van der Waals surface area (Å²) in [7, 11) is 0. The van der Waals surface area contributed by atoms with Gasteiger partial charge in [0.05, 0.1) is 22.4 Å². The van der Waals surface area contributed by atoms with E-state index in [0.29, 0.717) is 12.3 Å². The Kier molecular flexibility index (Phi) is 7.69. The number of hydrogen-bond acceptors (Lipinski definition) is 9. The molecular formula is C25H31N5O6S. The lowest BCUT2D eigenvalue weighted by Crippen LogP contribution is -2.62. The molecule has 1 aromatic rings. The molecule has 11 nitrogen and oxygen atoms in total. The molecule has 1 aromatic carbocycles. The fraction of sp³-hybridized carbons (Fsp3) is 0.520. The van der Waals surface area contributed by atoms with Crippen molar-refractivity contribution in [3.63, 3.8) is 0 Å². The van der Waals surface area contributed by atoms with Crippen LogP contribution in [0, 0.1) is 33.3 Å². The highest BCUT2D eigenvalue weighted by Crippen LogP contribution is 2.49. The van der Waals surface area contributed by atoms with Crippen LogP contribution in [0.2, 0.25) is 0 Å². The van der Waals surface area contributed by atoms with Crippen LogP contribution >= 0.6 is 11.8 Å². The topological polar surface area (TPSA) is 160 Å². The highest BCUT2D eigenvalue weighted by Gasteiger charge is 2.59.